The van der Waals surface area contributed by atoms with Crippen LogP contribution in [-0.2, 0) is 4.79 Å². The first kappa shape index (κ1) is 21.0. The van der Waals surface area contributed by atoms with Crippen molar-refractivity contribution in [1.82, 2.24) is 19.6 Å². The Hall–Kier alpha value is -2.28. The van der Waals surface area contributed by atoms with Gasteiger partial charge in [-0.2, -0.15) is 0 Å². The molecule has 0 unspecified atom stereocenters. The van der Waals surface area contributed by atoms with Crippen LogP contribution >= 0.6 is 0 Å². The van der Waals surface area contributed by atoms with Crippen molar-refractivity contribution in [2.45, 2.75) is 18.9 Å². The Balaban J connectivity index is 1.38. The maximum Gasteiger partial charge on any atom is 0.319 e. The molecule has 3 saturated heterocycles. The van der Waals surface area contributed by atoms with Gasteiger partial charge < -0.3 is 19.4 Å². The number of benzene rings is 1. The number of fused-ring (bicyclic) bond motifs is 1. The molecule has 30 heavy (non-hydrogen) atoms. The van der Waals surface area contributed by atoms with Crippen LogP contribution in [0.15, 0.2) is 24.3 Å². The highest BCUT2D eigenvalue weighted by atomic mass is 16.5. The Labute approximate surface area is 179 Å². The molecule has 7 heteroatoms. The highest BCUT2D eigenvalue weighted by molar-refractivity contribution is 5.80. The molecule has 0 N–H and O–H groups in total. The number of hydrogen-bond donors (Lipinski definition) is 0. The number of piperidine rings is 1. The Bertz CT molecular complexity index is 773. The molecule has 1 aromatic rings. The van der Waals surface area contributed by atoms with E-state index in [1.54, 1.807) is 26.1 Å². The predicted molar refractivity (Wildman–Crippen MR) is 115 cm³/mol. The van der Waals surface area contributed by atoms with Crippen molar-refractivity contribution in [3.05, 3.63) is 29.8 Å². The van der Waals surface area contributed by atoms with Gasteiger partial charge in [-0.1, -0.05) is 12.1 Å². The summed E-state index contributed by atoms with van der Waals surface area (Å²) < 4.78 is 5.30. The molecular weight excluding hydrogens is 380 g/mol. The minimum absolute atomic E-state index is 0.0435. The smallest absolute Gasteiger partial charge is 0.319 e. The van der Waals surface area contributed by atoms with Crippen molar-refractivity contribution >= 4 is 11.9 Å². The lowest BCUT2D eigenvalue weighted by atomic mass is 9.89. The highest BCUT2D eigenvalue weighted by Gasteiger charge is 2.48. The summed E-state index contributed by atoms with van der Waals surface area (Å²) in [5, 5.41) is 0. The van der Waals surface area contributed by atoms with Crippen molar-refractivity contribution in [3.8, 4) is 5.75 Å². The lowest BCUT2D eigenvalue weighted by Gasteiger charge is -2.35. The van der Waals surface area contributed by atoms with Crippen LogP contribution in [0.25, 0.3) is 0 Å². The van der Waals surface area contributed by atoms with Crippen LogP contribution in [0.4, 0.5) is 4.79 Å². The zero-order valence-corrected chi connectivity index (χ0v) is 18.6. The summed E-state index contributed by atoms with van der Waals surface area (Å²) in [6.07, 6.45) is 1.54. The number of carbonyl (C=O) groups excluding carboxylic acids is 2. The van der Waals surface area contributed by atoms with E-state index in [1.807, 2.05) is 17.0 Å². The number of ether oxygens (including phenoxy) is 1. The van der Waals surface area contributed by atoms with Gasteiger partial charge in [-0.15, -0.1) is 0 Å². The van der Waals surface area contributed by atoms with E-state index in [1.165, 1.54) is 5.56 Å². The number of urea groups is 1. The third kappa shape index (κ3) is 3.87. The van der Waals surface area contributed by atoms with Gasteiger partial charge >= 0.3 is 6.03 Å². The maximum atomic E-state index is 13.2. The summed E-state index contributed by atoms with van der Waals surface area (Å²) in [6.45, 7) is 4.07. The second-order valence-corrected chi connectivity index (χ2v) is 9.26. The van der Waals surface area contributed by atoms with E-state index >= 15 is 0 Å². The van der Waals surface area contributed by atoms with Gasteiger partial charge in [0.1, 0.15) is 5.75 Å². The van der Waals surface area contributed by atoms with Gasteiger partial charge in [-0.25, -0.2) is 4.79 Å². The van der Waals surface area contributed by atoms with Crippen molar-refractivity contribution in [2.75, 3.05) is 61.0 Å². The molecule has 0 saturated carbocycles. The van der Waals surface area contributed by atoms with E-state index in [0.717, 1.165) is 38.2 Å². The monoisotopic (exact) mass is 414 g/mol. The maximum absolute atomic E-state index is 13.2. The average Bonchev–Trinajstić information content (AvgIpc) is 3.29. The number of likely N-dealkylation sites (tertiary alicyclic amines) is 3. The molecule has 164 valence electrons. The number of methoxy groups -OCH3 is 1. The number of nitrogens with zero attached hydrogens (tertiary/aromatic N) is 4. The van der Waals surface area contributed by atoms with Crippen LogP contribution in [0.3, 0.4) is 0 Å². The lowest BCUT2D eigenvalue weighted by Crippen LogP contribution is -2.47. The number of carbonyl (C=O) groups is 2. The normalized spacial score (nSPS) is 27.3. The SMILES string of the molecule is COc1ccc([C@@H]2[C@@H]3CN(C(=O)C4CCN(C(=O)N(C)C)CC4)C[C@@H]3CN2C)cc1. The topological polar surface area (TPSA) is 56.3 Å². The summed E-state index contributed by atoms with van der Waals surface area (Å²) >= 11 is 0. The second kappa shape index (κ2) is 8.46. The minimum Gasteiger partial charge on any atom is -0.497 e. The number of hydrogen-bond acceptors (Lipinski definition) is 4. The number of amides is 3. The zero-order chi connectivity index (χ0) is 21.4. The predicted octanol–water partition coefficient (Wildman–Crippen LogP) is 2.15. The quantitative estimate of drug-likeness (QED) is 0.761. The van der Waals surface area contributed by atoms with Gasteiger partial charge in [-0.05, 0) is 43.5 Å². The largest absolute Gasteiger partial charge is 0.497 e. The van der Waals surface area contributed by atoms with Gasteiger partial charge in [0.05, 0.1) is 7.11 Å². The van der Waals surface area contributed by atoms with E-state index in [9.17, 15) is 9.59 Å². The minimum atomic E-state index is 0.0435. The summed E-state index contributed by atoms with van der Waals surface area (Å²) in [5.41, 5.74) is 1.30. The summed E-state index contributed by atoms with van der Waals surface area (Å²) in [7, 11) is 7.43. The van der Waals surface area contributed by atoms with E-state index in [-0.39, 0.29) is 17.9 Å². The molecule has 0 bridgehead atoms. The lowest BCUT2D eigenvalue weighted by molar-refractivity contribution is -0.136. The Morgan fingerprint density at radius 1 is 1.00 bits per heavy atom. The Morgan fingerprint density at radius 3 is 2.27 bits per heavy atom. The van der Waals surface area contributed by atoms with Crippen LogP contribution in [0, 0.1) is 17.8 Å². The fourth-order valence-electron chi connectivity index (χ4n) is 5.60. The van der Waals surface area contributed by atoms with Crippen molar-refractivity contribution in [2.24, 2.45) is 17.8 Å². The molecule has 0 spiro atoms. The van der Waals surface area contributed by atoms with Gasteiger partial charge in [0.2, 0.25) is 5.91 Å². The summed E-state index contributed by atoms with van der Waals surface area (Å²) in [6, 6.07) is 8.75. The van der Waals surface area contributed by atoms with Gasteiger partial charge in [0, 0.05) is 64.7 Å². The van der Waals surface area contributed by atoms with Gasteiger partial charge in [-0.3, -0.25) is 9.69 Å². The first-order chi connectivity index (χ1) is 14.4. The third-order valence-corrected chi connectivity index (χ3v) is 7.16. The van der Waals surface area contributed by atoms with E-state index < -0.39 is 0 Å². The van der Waals surface area contributed by atoms with Crippen LogP contribution < -0.4 is 4.74 Å². The van der Waals surface area contributed by atoms with Crippen molar-refractivity contribution in [1.29, 1.82) is 0 Å². The molecule has 0 radical (unpaired) electrons. The molecule has 0 aliphatic carbocycles. The molecule has 3 heterocycles. The van der Waals surface area contributed by atoms with E-state index in [4.69, 9.17) is 4.74 Å². The van der Waals surface area contributed by atoms with Gasteiger partial charge in [0.25, 0.3) is 0 Å². The molecule has 4 rings (SSSR count). The molecule has 3 aliphatic heterocycles. The third-order valence-electron chi connectivity index (χ3n) is 7.16. The Kier molecular flexibility index (Phi) is 5.91. The number of rotatable bonds is 3. The fourth-order valence-corrected chi connectivity index (χ4v) is 5.60. The summed E-state index contributed by atoms with van der Waals surface area (Å²) in [4.78, 5) is 33.4. The summed E-state index contributed by atoms with van der Waals surface area (Å²) in [5.74, 6) is 2.21. The molecular formula is C23H34N4O3. The second-order valence-electron chi connectivity index (χ2n) is 9.26. The van der Waals surface area contributed by atoms with Crippen LogP contribution in [-0.4, -0.2) is 92.5 Å². The molecule has 0 aromatic heterocycles. The molecule has 3 aliphatic rings. The van der Waals surface area contributed by atoms with E-state index in [0.29, 0.717) is 31.0 Å². The molecule has 3 amide bonds. The fraction of sp³-hybridized carbons (Fsp3) is 0.652. The highest BCUT2D eigenvalue weighted by Crippen LogP contribution is 2.44. The van der Waals surface area contributed by atoms with Crippen LogP contribution in [0.1, 0.15) is 24.4 Å². The van der Waals surface area contributed by atoms with Gasteiger partial charge in [0.15, 0.2) is 0 Å². The van der Waals surface area contributed by atoms with Crippen molar-refractivity contribution < 1.29 is 14.3 Å². The first-order valence-electron chi connectivity index (χ1n) is 11.0. The standard InChI is InChI=1S/C23H34N4O3/c1-24(2)23(29)26-11-9-17(10-12-26)22(28)27-14-18-13-25(3)21(20(18)15-27)16-5-7-19(30-4)8-6-16/h5-8,17-18,20-21H,9-15H2,1-4H3/t18-,20+,21+/m0/s1. The van der Waals surface area contributed by atoms with Crippen molar-refractivity contribution in [3.63, 3.8) is 0 Å². The zero-order valence-electron chi connectivity index (χ0n) is 18.6. The average molecular weight is 415 g/mol. The molecule has 7 nitrogen and oxygen atoms in total. The molecule has 3 fully saturated rings. The van der Waals surface area contributed by atoms with Crippen LogP contribution in [0.5, 0.6) is 5.75 Å². The first-order valence-corrected chi connectivity index (χ1v) is 11.0. The molecule has 3 atom stereocenters. The Morgan fingerprint density at radius 2 is 1.67 bits per heavy atom. The van der Waals surface area contributed by atoms with Crippen LogP contribution in [0.2, 0.25) is 0 Å². The molecule has 1 aromatic carbocycles. The van der Waals surface area contributed by atoms with E-state index in [2.05, 4.69) is 29.0 Å².